The van der Waals surface area contributed by atoms with Crippen molar-refractivity contribution in [1.29, 1.82) is 0 Å². The van der Waals surface area contributed by atoms with Gasteiger partial charge in [0.2, 0.25) is 0 Å². The maximum Gasteiger partial charge on any atom is 0.127 e. The highest BCUT2D eigenvalue weighted by molar-refractivity contribution is 9.10. The Balaban J connectivity index is 2.06. The smallest absolute Gasteiger partial charge is 0.127 e. The quantitative estimate of drug-likeness (QED) is 0.803. The SMILES string of the molecule is CCC(NCc1cc(Br)ccc1F)c1ccc(OC)cc1. The van der Waals surface area contributed by atoms with E-state index in [4.69, 9.17) is 4.74 Å². The predicted octanol–water partition coefficient (Wildman–Crippen LogP) is 4.84. The van der Waals surface area contributed by atoms with Crippen LogP contribution in [0.25, 0.3) is 0 Å². The highest BCUT2D eigenvalue weighted by Crippen LogP contribution is 2.22. The van der Waals surface area contributed by atoms with Crippen molar-refractivity contribution in [2.75, 3.05) is 7.11 Å². The zero-order valence-electron chi connectivity index (χ0n) is 12.2. The van der Waals surface area contributed by atoms with Crippen molar-refractivity contribution in [3.05, 3.63) is 63.9 Å². The van der Waals surface area contributed by atoms with Crippen LogP contribution in [0.15, 0.2) is 46.9 Å². The average molecular weight is 352 g/mol. The summed E-state index contributed by atoms with van der Waals surface area (Å²) in [5, 5.41) is 3.41. The number of nitrogens with one attached hydrogen (secondary N) is 1. The fourth-order valence-corrected chi connectivity index (χ4v) is 2.65. The minimum atomic E-state index is -0.185. The molecule has 0 aliphatic rings. The number of methoxy groups -OCH3 is 1. The van der Waals surface area contributed by atoms with Crippen molar-refractivity contribution in [2.24, 2.45) is 0 Å². The number of hydrogen-bond donors (Lipinski definition) is 1. The lowest BCUT2D eigenvalue weighted by Crippen LogP contribution is -2.20. The zero-order valence-corrected chi connectivity index (χ0v) is 13.8. The predicted molar refractivity (Wildman–Crippen MR) is 87.0 cm³/mol. The fraction of sp³-hybridized carbons (Fsp3) is 0.294. The van der Waals surface area contributed by atoms with Gasteiger partial charge in [-0.25, -0.2) is 4.39 Å². The molecule has 1 unspecified atom stereocenters. The largest absolute Gasteiger partial charge is 0.497 e. The molecule has 1 N–H and O–H groups in total. The molecule has 2 rings (SSSR count). The van der Waals surface area contributed by atoms with Crippen molar-refractivity contribution >= 4 is 15.9 Å². The summed E-state index contributed by atoms with van der Waals surface area (Å²) in [7, 11) is 1.65. The van der Waals surface area contributed by atoms with E-state index in [0.717, 1.165) is 16.6 Å². The van der Waals surface area contributed by atoms with E-state index in [-0.39, 0.29) is 11.9 Å². The Bertz CT molecular complexity index is 586. The second kappa shape index (κ2) is 7.57. The third kappa shape index (κ3) is 4.29. The molecule has 1 atom stereocenters. The Hall–Kier alpha value is -1.39. The van der Waals surface area contributed by atoms with Crippen molar-refractivity contribution in [3.63, 3.8) is 0 Å². The monoisotopic (exact) mass is 351 g/mol. The molecule has 0 saturated carbocycles. The van der Waals surface area contributed by atoms with Gasteiger partial charge in [-0.05, 0) is 42.3 Å². The fourth-order valence-electron chi connectivity index (χ4n) is 2.25. The Morgan fingerprint density at radius 1 is 1.19 bits per heavy atom. The molecule has 0 amide bonds. The third-order valence-electron chi connectivity index (χ3n) is 3.47. The minimum Gasteiger partial charge on any atom is -0.497 e. The molecule has 0 radical (unpaired) electrons. The van der Waals surface area contributed by atoms with Crippen LogP contribution >= 0.6 is 15.9 Å². The maximum absolute atomic E-state index is 13.7. The van der Waals surface area contributed by atoms with Crippen LogP contribution in [0.2, 0.25) is 0 Å². The third-order valence-corrected chi connectivity index (χ3v) is 3.97. The summed E-state index contributed by atoms with van der Waals surface area (Å²) in [6, 6.07) is 13.2. The average Bonchev–Trinajstić information content (AvgIpc) is 2.51. The first kappa shape index (κ1) is 16.0. The van der Waals surface area contributed by atoms with Crippen molar-refractivity contribution in [2.45, 2.75) is 25.9 Å². The summed E-state index contributed by atoms with van der Waals surface area (Å²) in [4.78, 5) is 0. The number of ether oxygens (including phenoxy) is 1. The second-order valence-corrected chi connectivity index (χ2v) is 5.77. The lowest BCUT2D eigenvalue weighted by atomic mass is 10.0. The molecule has 2 aromatic rings. The summed E-state index contributed by atoms with van der Waals surface area (Å²) in [5.74, 6) is 0.655. The van der Waals surface area contributed by atoms with Gasteiger partial charge >= 0.3 is 0 Å². The van der Waals surface area contributed by atoms with Crippen LogP contribution < -0.4 is 10.1 Å². The molecule has 0 heterocycles. The molecule has 21 heavy (non-hydrogen) atoms. The normalized spacial score (nSPS) is 12.2. The molecule has 0 saturated heterocycles. The van der Waals surface area contributed by atoms with Crippen LogP contribution in [0.4, 0.5) is 4.39 Å². The van der Waals surface area contributed by atoms with E-state index < -0.39 is 0 Å². The molecular formula is C17H19BrFNO. The van der Waals surface area contributed by atoms with Gasteiger partial charge in [-0.2, -0.15) is 0 Å². The molecule has 4 heteroatoms. The van der Waals surface area contributed by atoms with Gasteiger partial charge in [0.1, 0.15) is 11.6 Å². The highest BCUT2D eigenvalue weighted by atomic mass is 79.9. The summed E-state index contributed by atoms with van der Waals surface area (Å²) in [6.45, 7) is 2.61. The maximum atomic E-state index is 13.7. The van der Waals surface area contributed by atoms with Gasteiger partial charge in [-0.15, -0.1) is 0 Å². The van der Waals surface area contributed by atoms with Gasteiger partial charge in [-0.3, -0.25) is 0 Å². The molecule has 0 spiro atoms. The molecule has 0 aliphatic carbocycles. The van der Waals surface area contributed by atoms with Gasteiger partial charge in [0, 0.05) is 22.6 Å². The second-order valence-electron chi connectivity index (χ2n) is 4.85. The van der Waals surface area contributed by atoms with Crippen molar-refractivity contribution in [3.8, 4) is 5.75 Å². The summed E-state index contributed by atoms with van der Waals surface area (Å²) >= 11 is 3.37. The first-order valence-electron chi connectivity index (χ1n) is 6.95. The first-order chi connectivity index (χ1) is 10.1. The van der Waals surface area contributed by atoms with Crippen LogP contribution in [0, 0.1) is 5.82 Å². The summed E-state index contributed by atoms with van der Waals surface area (Å²) in [5.41, 5.74) is 1.84. The van der Waals surface area contributed by atoms with E-state index in [0.29, 0.717) is 12.1 Å². The minimum absolute atomic E-state index is 0.185. The lowest BCUT2D eigenvalue weighted by Gasteiger charge is -2.18. The summed E-state index contributed by atoms with van der Waals surface area (Å²) < 4.78 is 19.8. The molecule has 0 bridgehead atoms. The molecule has 0 fully saturated rings. The topological polar surface area (TPSA) is 21.3 Å². The van der Waals surface area contributed by atoms with Crippen LogP contribution in [-0.2, 0) is 6.54 Å². The number of halogens is 2. The van der Waals surface area contributed by atoms with Gasteiger partial charge in [0.05, 0.1) is 7.11 Å². The zero-order chi connectivity index (χ0) is 15.2. The number of benzene rings is 2. The van der Waals surface area contributed by atoms with E-state index in [2.05, 4.69) is 28.2 Å². The van der Waals surface area contributed by atoms with Crippen LogP contribution in [0.1, 0.15) is 30.5 Å². The van der Waals surface area contributed by atoms with E-state index in [9.17, 15) is 4.39 Å². The van der Waals surface area contributed by atoms with Crippen molar-refractivity contribution < 1.29 is 9.13 Å². The van der Waals surface area contributed by atoms with Crippen molar-refractivity contribution in [1.82, 2.24) is 5.32 Å². The number of rotatable bonds is 6. The van der Waals surface area contributed by atoms with E-state index in [1.807, 2.05) is 30.3 Å². The number of hydrogen-bond acceptors (Lipinski definition) is 2. The van der Waals surface area contributed by atoms with Gasteiger partial charge in [-0.1, -0.05) is 35.0 Å². The van der Waals surface area contributed by atoms with E-state index >= 15 is 0 Å². The van der Waals surface area contributed by atoms with Crippen LogP contribution in [0.3, 0.4) is 0 Å². The Kier molecular flexibility index (Phi) is 5.76. The molecule has 0 aliphatic heterocycles. The highest BCUT2D eigenvalue weighted by Gasteiger charge is 2.10. The molecule has 2 nitrogen and oxygen atoms in total. The van der Waals surface area contributed by atoms with E-state index in [1.165, 1.54) is 11.6 Å². The Morgan fingerprint density at radius 3 is 2.52 bits per heavy atom. The Labute approximate surface area is 133 Å². The molecule has 0 aromatic heterocycles. The van der Waals surface area contributed by atoms with Gasteiger partial charge in [0.25, 0.3) is 0 Å². The Morgan fingerprint density at radius 2 is 1.90 bits per heavy atom. The van der Waals surface area contributed by atoms with Crippen LogP contribution in [0.5, 0.6) is 5.75 Å². The molecular weight excluding hydrogens is 333 g/mol. The first-order valence-corrected chi connectivity index (χ1v) is 7.74. The van der Waals surface area contributed by atoms with E-state index in [1.54, 1.807) is 13.2 Å². The van der Waals surface area contributed by atoms with Crippen LogP contribution in [-0.4, -0.2) is 7.11 Å². The van der Waals surface area contributed by atoms with Gasteiger partial charge in [0.15, 0.2) is 0 Å². The van der Waals surface area contributed by atoms with Gasteiger partial charge < -0.3 is 10.1 Å². The summed E-state index contributed by atoms with van der Waals surface area (Å²) in [6.07, 6.45) is 0.932. The molecule has 2 aromatic carbocycles. The molecule has 112 valence electrons. The standard InChI is InChI=1S/C17H19BrFNO/c1-3-17(12-4-7-15(21-2)8-5-12)20-11-13-10-14(18)6-9-16(13)19/h4-10,17,20H,3,11H2,1-2H3. The lowest BCUT2D eigenvalue weighted by molar-refractivity contribution is 0.414.